The van der Waals surface area contributed by atoms with Crippen molar-refractivity contribution >= 4 is 21.6 Å². The van der Waals surface area contributed by atoms with Crippen molar-refractivity contribution in [3.05, 3.63) is 60.2 Å². The summed E-state index contributed by atoms with van der Waals surface area (Å²) in [6, 6.07) is 16.9. The van der Waals surface area contributed by atoms with Crippen LogP contribution >= 0.6 is 0 Å². The van der Waals surface area contributed by atoms with E-state index >= 15 is 0 Å². The first-order valence-corrected chi connectivity index (χ1v) is 12.1. The summed E-state index contributed by atoms with van der Waals surface area (Å²) in [4.78, 5) is 12.8. The Morgan fingerprint density at radius 3 is 2.40 bits per heavy atom. The number of piperidine rings is 1. The average Bonchev–Trinajstić information content (AvgIpc) is 2.75. The third-order valence-electron chi connectivity index (χ3n) is 5.53. The maximum Gasteiger partial charge on any atom is 0.279 e. The molecule has 3 rings (SSSR count). The van der Waals surface area contributed by atoms with E-state index in [1.165, 1.54) is 9.87 Å². The zero-order chi connectivity index (χ0) is 21.6. The summed E-state index contributed by atoms with van der Waals surface area (Å²) in [5, 5.41) is 4.88. The summed E-state index contributed by atoms with van der Waals surface area (Å²) in [5.41, 5.74) is 1.70. The van der Waals surface area contributed by atoms with E-state index in [1.807, 2.05) is 23.5 Å². The van der Waals surface area contributed by atoms with Crippen LogP contribution < -0.4 is 10.6 Å². The molecule has 1 atom stereocenters. The molecule has 0 aromatic heterocycles. The number of anilines is 1. The third-order valence-corrected chi connectivity index (χ3v) is 7.43. The largest absolute Gasteiger partial charge is 0.332 e. The number of hydrogen-bond donors (Lipinski definition) is 2. The van der Waals surface area contributed by atoms with Gasteiger partial charge in [-0.1, -0.05) is 56.7 Å². The van der Waals surface area contributed by atoms with Crippen LogP contribution in [0.2, 0.25) is 0 Å². The molecular formula is C23H32N3O3S+. The highest BCUT2D eigenvalue weighted by molar-refractivity contribution is 7.89. The summed E-state index contributed by atoms with van der Waals surface area (Å²) in [6.07, 6.45) is 2.85. The first-order chi connectivity index (χ1) is 14.4. The number of carbonyl (C=O) groups excluding carboxylic acids is 1. The zero-order valence-corrected chi connectivity index (χ0v) is 18.6. The van der Waals surface area contributed by atoms with E-state index in [0.717, 1.165) is 19.3 Å². The number of hydrogen-bond acceptors (Lipinski definition) is 3. The van der Waals surface area contributed by atoms with Gasteiger partial charge in [0.25, 0.3) is 5.91 Å². The second-order valence-corrected chi connectivity index (χ2v) is 10.1. The molecule has 0 saturated carbocycles. The highest BCUT2D eigenvalue weighted by atomic mass is 32.2. The van der Waals surface area contributed by atoms with Crippen LogP contribution in [0.15, 0.2) is 59.5 Å². The molecule has 3 N–H and O–H groups in total. The molecule has 30 heavy (non-hydrogen) atoms. The summed E-state index contributed by atoms with van der Waals surface area (Å²) in [5.74, 6) is 0.224. The van der Waals surface area contributed by atoms with E-state index in [9.17, 15) is 13.2 Å². The van der Waals surface area contributed by atoms with Gasteiger partial charge in [-0.05, 0) is 31.0 Å². The van der Waals surface area contributed by atoms with Gasteiger partial charge in [0.15, 0.2) is 6.54 Å². The first-order valence-electron chi connectivity index (χ1n) is 10.7. The quantitative estimate of drug-likeness (QED) is 0.676. The van der Waals surface area contributed by atoms with Crippen molar-refractivity contribution in [2.75, 3.05) is 25.0 Å². The molecule has 162 valence electrons. The van der Waals surface area contributed by atoms with E-state index in [-0.39, 0.29) is 23.4 Å². The van der Waals surface area contributed by atoms with E-state index < -0.39 is 10.0 Å². The molecule has 7 heteroatoms. The number of nitrogens with two attached hydrogens (primary N) is 1. The van der Waals surface area contributed by atoms with Crippen LogP contribution in [0, 0.1) is 5.92 Å². The molecule has 1 aliphatic heterocycles. The van der Waals surface area contributed by atoms with Crippen molar-refractivity contribution in [3.63, 3.8) is 0 Å². The molecule has 2 aromatic carbocycles. The standard InChI is InChI=1S/C23H31N3O3S/c1-18(2)23(19-10-5-3-6-11-19)24-17-22(27)25-20-12-9-13-21(16-20)30(28,29)26-14-7-4-8-15-26/h3,5-6,9-13,16,18,23-24H,4,7-8,14-15,17H2,1-2H3,(H,25,27)/p+1/t23-/m0/s1. The van der Waals surface area contributed by atoms with Gasteiger partial charge in [0, 0.05) is 30.3 Å². The van der Waals surface area contributed by atoms with Crippen LogP contribution in [0.4, 0.5) is 5.69 Å². The van der Waals surface area contributed by atoms with Crippen molar-refractivity contribution < 1.29 is 18.5 Å². The number of carbonyl (C=O) groups is 1. The van der Waals surface area contributed by atoms with Gasteiger partial charge in [-0.15, -0.1) is 0 Å². The van der Waals surface area contributed by atoms with Crippen LogP contribution in [-0.2, 0) is 14.8 Å². The number of benzene rings is 2. The average molecular weight is 431 g/mol. The minimum absolute atomic E-state index is 0.149. The Labute approximate surface area is 179 Å². The number of nitrogens with one attached hydrogen (secondary N) is 1. The third kappa shape index (κ3) is 5.68. The van der Waals surface area contributed by atoms with Crippen LogP contribution in [-0.4, -0.2) is 38.3 Å². The summed E-state index contributed by atoms with van der Waals surface area (Å²) in [7, 11) is -3.52. The van der Waals surface area contributed by atoms with Gasteiger partial charge in [-0.25, -0.2) is 8.42 Å². The van der Waals surface area contributed by atoms with Crippen LogP contribution in [0.1, 0.15) is 44.7 Å². The molecular weight excluding hydrogens is 398 g/mol. The van der Waals surface area contributed by atoms with Gasteiger partial charge in [-0.2, -0.15) is 4.31 Å². The normalized spacial score (nSPS) is 16.4. The Kier molecular flexibility index (Phi) is 7.64. The molecule has 1 fully saturated rings. The first kappa shape index (κ1) is 22.5. The van der Waals surface area contributed by atoms with Gasteiger partial charge in [0.05, 0.1) is 4.90 Å². The van der Waals surface area contributed by atoms with Gasteiger partial charge in [0.2, 0.25) is 10.0 Å². The number of rotatable bonds is 8. The second-order valence-electron chi connectivity index (χ2n) is 8.16. The van der Waals surface area contributed by atoms with E-state index in [1.54, 1.807) is 24.3 Å². The minimum Gasteiger partial charge on any atom is -0.332 e. The molecule has 0 bridgehead atoms. The highest BCUT2D eigenvalue weighted by Gasteiger charge is 2.26. The van der Waals surface area contributed by atoms with Gasteiger partial charge < -0.3 is 10.6 Å². The van der Waals surface area contributed by atoms with E-state index in [2.05, 4.69) is 31.3 Å². The monoisotopic (exact) mass is 430 g/mol. The fourth-order valence-corrected chi connectivity index (χ4v) is 5.47. The zero-order valence-electron chi connectivity index (χ0n) is 17.8. The van der Waals surface area contributed by atoms with Gasteiger partial charge >= 0.3 is 0 Å². The molecule has 1 amide bonds. The SMILES string of the molecule is CC(C)[C@H]([NH2+]CC(=O)Nc1cccc(S(=O)(=O)N2CCCCC2)c1)c1ccccc1. The Morgan fingerprint density at radius 2 is 1.73 bits per heavy atom. The molecule has 6 nitrogen and oxygen atoms in total. The summed E-state index contributed by atoms with van der Waals surface area (Å²) in [6.45, 7) is 5.66. The molecule has 0 radical (unpaired) electrons. The molecule has 0 aliphatic carbocycles. The molecule has 0 spiro atoms. The topological polar surface area (TPSA) is 83.1 Å². The van der Waals surface area contributed by atoms with Gasteiger partial charge in [-0.3, -0.25) is 4.79 Å². The lowest BCUT2D eigenvalue weighted by Crippen LogP contribution is -2.88. The van der Waals surface area contributed by atoms with Gasteiger partial charge in [0.1, 0.15) is 6.04 Å². The van der Waals surface area contributed by atoms with Crippen LogP contribution in [0.25, 0.3) is 0 Å². The van der Waals surface area contributed by atoms with Crippen molar-refractivity contribution in [2.24, 2.45) is 5.92 Å². The predicted molar refractivity (Wildman–Crippen MR) is 118 cm³/mol. The Balaban J connectivity index is 1.63. The van der Waals surface area contributed by atoms with E-state index in [0.29, 0.717) is 24.7 Å². The van der Waals surface area contributed by atoms with Crippen molar-refractivity contribution in [2.45, 2.75) is 44.0 Å². The molecule has 1 heterocycles. The smallest absolute Gasteiger partial charge is 0.279 e. The van der Waals surface area contributed by atoms with Crippen LogP contribution in [0.5, 0.6) is 0 Å². The number of nitrogens with zero attached hydrogens (tertiary/aromatic N) is 1. The lowest BCUT2D eigenvalue weighted by molar-refractivity contribution is -0.692. The van der Waals surface area contributed by atoms with E-state index in [4.69, 9.17) is 0 Å². The predicted octanol–water partition coefficient (Wildman–Crippen LogP) is 2.76. The van der Waals surface area contributed by atoms with Crippen LogP contribution in [0.3, 0.4) is 0 Å². The van der Waals surface area contributed by atoms with Crippen molar-refractivity contribution in [1.29, 1.82) is 0 Å². The maximum absolute atomic E-state index is 12.9. The second kappa shape index (κ2) is 10.2. The lowest BCUT2D eigenvalue weighted by atomic mass is 9.96. The highest BCUT2D eigenvalue weighted by Crippen LogP contribution is 2.23. The Bertz CT molecular complexity index is 939. The fraction of sp³-hybridized carbons (Fsp3) is 0.435. The number of sulfonamides is 1. The number of quaternary nitrogens is 1. The van der Waals surface area contributed by atoms with Crippen molar-refractivity contribution in [3.8, 4) is 0 Å². The molecule has 2 aromatic rings. The van der Waals surface area contributed by atoms with Crippen molar-refractivity contribution in [1.82, 2.24) is 4.31 Å². The Morgan fingerprint density at radius 1 is 1.03 bits per heavy atom. The minimum atomic E-state index is -3.52. The Hall–Kier alpha value is -2.22. The maximum atomic E-state index is 12.9. The summed E-state index contributed by atoms with van der Waals surface area (Å²) >= 11 is 0. The lowest BCUT2D eigenvalue weighted by Gasteiger charge is -2.26. The molecule has 0 unspecified atom stereocenters. The fourth-order valence-electron chi connectivity index (χ4n) is 3.90. The summed E-state index contributed by atoms with van der Waals surface area (Å²) < 4.78 is 27.3. The molecule has 1 aliphatic rings. The number of amides is 1. The molecule has 1 saturated heterocycles.